The van der Waals surface area contributed by atoms with Gasteiger partial charge in [0.25, 0.3) is 0 Å². The van der Waals surface area contributed by atoms with Crippen molar-refractivity contribution < 1.29 is 4.92 Å². The third-order valence-electron chi connectivity index (χ3n) is 5.50. The number of pyridine rings is 1. The number of aromatic nitrogens is 1. The van der Waals surface area contributed by atoms with Crippen molar-refractivity contribution in [1.82, 2.24) is 4.98 Å². The Labute approximate surface area is 203 Å². The van der Waals surface area contributed by atoms with Gasteiger partial charge in [-0.15, -0.1) is 0 Å². The summed E-state index contributed by atoms with van der Waals surface area (Å²) < 4.78 is 0. The zero-order valence-corrected chi connectivity index (χ0v) is 20.9. The second-order valence-corrected chi connectivity index (χ2v) is 10.7. The summed E-state index contributed by atoms with van der Waals surface area (Å²) in [5, 5.41) is 18.9. The predicted molar refractivity (Wildman–Crippen MR) is 140 cm³/mol. The highest BCUT2D eigenvalue weighted by Crippen LogP contribution is 2.37. The topological polar surface area (TPSA) is 80.1 Å². The number of benzene rings is 2. The smallest absolute Gasteiger partial charge is 0.334 e. The van der Waals surface area contributed by atoms with Crippen molar-refractivity contribution >= 4 is 17.2 Å². The number of nitrogens with zero attached hydrogens (tertiary/aromatic N) is 2. The molecule has 6 nitrogen and oxygen atoms in total. The minimum absolute atomic E-state index is 0.0126. The number of hydrogen-bond acceptors (Lipinski definition) is 5. The molecule has 2 N–H and O–H groups in total. The van der Waals surface area contributed by atoms with E-state index in [2.05, 4.69) is 57.4 Å². The molecule has 0 saturated carbocycles. The number of nitrogens with one attached hydrogen (secondary N) is 2. The van der Waals surface area contributed by atoms with E-state index < -0.39 is 0 Å². The largest absolute Gasteiger partial charge is 0.375 e. The molecule has 0 aliphatic heterocycles. The Balaban J connectivity index is 1.96. The van der Waals surface area contributed by atoms with Crippen LogP contribution in [0.15, 0.2) is 66.7 Å². The van der Waals surface area contributed by atoms with Crippen LogP contribution in [0.25, 0.3) is 0 Å². The monoisotopic (exact) mass is 460 g/mol. The van der Waals surface area contributed by atoms with Crippen molar-refractivity contribution in [3.63, 3.8) is 0 Å². The molecule has 3 aromatic rings. The van der Waals surface area contributed by atoms with E-state index >= 15 is 0 Å². The minimum atomic E-state index is -0.370. The van der Waals surface area contributed by atoms with Crippen LogP contribution in [0.1, 0.15) is 57.9 Å². The van der Waals surface area contributed by atoms with E-state index in [0.717, 1.165) is 24.1 Å². The van der Waals surface area contributed by atoms with Crippen LogP contribution >= 0.6 is 0 Å². The maximum atomic E-state index is 12.2. The number of rotatable bonds is 10. The van der Waals surface area contributed by atoms with E-state index in [9.17, 15) is 10.1 Å². The fourth-order valence-electron chi connectivity index (χ4n) is 4.53. The Bertz CT molecular complexity index is 1090. The summed E-state index contributed by atoms with van der Waals surface area (Å²) in [6.07, 6.45) is 2.34. The third-order valence-corrected chi connectivity index (χ3v) is 5.50. The first-order valence-corrected chi connectivity index (χ1v) is 11.8. The van der Waals surface area contributed by atoms with Crippen LogP contribution in [0.2, 0.25) is 0 Å². The molecule has 0 fully saturated rings. The van der Waals surface area contributed by atoms with Gasteiger partial charge in [0, 0.05) is 17.8 Å². The molecule has 0 amide bonds. The lowest BCUT2D eigenvalue weighted by Gasteiger charge is -2.33. The van der Waals surface area contributed by atoms with Gasteiger partial charge in [-0.25, -0.2) is 4.98 Å². The Kier molecular flexibility index (Phi) is 7.92. The Hall–Kier alpha value is -3.41. The molecular weight excluding hydrogens is 424 g/mol. The number of nitro groups is 1. The SMILES string of the molecule is CC(C)(C)CC(C)(C)Nc1nc(CCc2ccccc2)cc(NCc2ccccc2)c1[N+](=O)[O-]. The van der Waals surface area contributed by atoms with Gasteiger partial charge in [-0.3, -0.25) is 10.1 Å². The van der Waals surface area contributed by atoms with Gasteiger partial charge in [-0.1, -0.05) is 81.4 Å². The molecule has 0 atom stereocenters. The van der Waals surface area contributed by atoms with E-state index in [-0.39, 0.29) is 21.6 Å². The molecule has 0 unspecified atom stereocenters. The van der Waals surface area contributed by atoms with E-state index in [4.69, 9.17) is 4.98 Å². The average Bonchev–Trinajstić information content (AvgIpc) is 2.75. The number of hydrogen-bond donors (Lipinski definition) is 2. The van der Waals surface area contributed by atoms with Gasteiger partial charge >= 0.3 is 5.69 Å². The lowest BCUT2D eigenvalue weighted by Crippen LogP contribution is -2.36. The highest BCUT2D eigenvalue weighted by Gasteiger charge is 2.31. The quantitative estimate of drug-likeness (QED) is 0.251. The van der Waals surface area contributed by atoms with Gasteiger partial charge < -0.3 is 10.6 Å². The Morgan fingerprint density at radius 3 is 2.03 bits per heavy atom. The molecule has 6 heteroatoms. The molecule has 0 aliphatic carbocycles. The van der Waals surface area contributed by atoms with E-state index in [1.54, 1.807) is 0 Å². The first-order valence-electron chi connectivity index (χ1n) is 11.8. The lowest BCUT2D eigenvalue weighted by molar-refractivity contribution is -0.383. The Morgan fingerprint density at radius 1 is 0.882 bits per heavy atom. The summed E-state index contributed by atoms with van der Waals surface area (Å²) in [5.74, 6) is 0.320. The van der Waals surface area contributed by atoms with Crippen molar-refractivity contribution in [2.75, 3.05) is 10.6 Å². The molecular formula is C28H36N4O2. The van der Waals surface area contributed by atoms with Crippen molar-refractivity contribution in [2.24, 2.45) is 5.41 Å². The Morgan fingerprint density at radius 2 is 1.47 bits per heavy atom. The summed E-state index contributed by atoms with van der Waals surface area (Å²) in [6, 6.07) is 21.9. The van der Waals surface area contributed by atoms with Crippen molar-refractivity contribution in [3.8, 4) is 0 Å². The molecule has 0 spiro atoms. The van der Waals surface area contributed by atoms with Crippen LogP contribution in [0, 0.1) is 15.5 Å². The van der Waals surface area contributed by atoms with Crippen LogP contribution in [0.4, 0.5) is 17.2 Å². The number of anilines is 2. The molecule has 180 valence electrons. The minimum Gasteiger partial charge on any atom is -0.375 e. The average molecular weight is 461 g/mol. The molecule has 0 saturated heterocycles. The molecule has 0 bridgehead atoms. The summed E-state index contributed by atoms with van der Waals surface area (Å²) in [6.45, 7) is 11.1. The van der Waals surface area contributed by atoms with Crippen LogP contribution < -0.4 is 10.6 Å². The van der Waals surface area contributed by atoms with Gasteiger partial charge in [0.05, 0.1) is 4.92 Å². The van der Waals surface area contributed by atoms with Gasteiger partial charge in [0.2, 0.25) is 5.82 Å². The normalized spacial score (nSPS) is 11.8. The van der Waals surface area contributed by atoms with Crippen LogP contribution in [-0.2, 0) is 19.4 Å². The van der Waals surface area contributed by atoms with Gasteiger partial charge in [-0.05, 0) is 55.7 Å². The van der Waals surface area contributed by atoms with Crippen LogP contribution in [0.5, 0.6) is 0 Å². The highest BCUT2D eigenvalue weighted by atomic mass is 16.6. The zero-order valence-electron chi connectivity index (χ0n) is 20.9. The second kappa shape index (κ2) is 10.7. The fraction of sp³-hybridized carbons (Fsp3) is 0.393. The lowest BCUT2D eigenvalue weighted by atomic mass is 9.82. The molecule has 34 heavy (non-hydrogen) atoms. The van der Waals surface area contributed by atoms with Gasteiger partial charge in [0.15, 0.2) is 0 Å². The summed E-state index contributed by atoms with van der Waals surface area (Å²) in [4.78, 5) is 16.6. The summed E-state index contributed by atoms with van der Waals surface area (Å²) in [5.41, 5.74) is 3.25. The van der Waals surface area contributed by atoms with E-state index in [0.29, 0.717) is 24.5 Å². The maximum Gasteiger partial charge on any atom is 0.334 e. The maximum absolute atomic E-state index is 12.2. The summed E-state index contributed by atoms with van der Waals surface area (Å²) in [7, 11) is 0. The van der Waals surface area contributed by atoms with Gasteiger partial charge in [-0.2, -0.15) is 0 Å². The first kappa shape index (κ1) is 25.2. The second-order valence-electron chi connectivity index (χ2n) is 10.7. The van der Waals surface area contributed by atoms with E-state index in [1.807, 2.05) is 54.6 Å². The summed E-state index contributed by atoms with van der Waals surface area (Å²) >= 11 is 0. The van der Waals surface area contributed by atoms with Crippen LogP contribution in [0.3, 0.4) is 0 Å². The van der Waals surface area contributed by atoms with Gasteiger partial charge in [0.1, 0.15) is 5.69 Å². The van der Waals surface area contributed by atoms with Crippen LogP contribution in [-0.4, -0.2) is 15.4 Å². The standard InChI is InChI=1S/C28H36N4O2/c1-27(2,3)20-28(4,5)31-26-25(32(33)34)24(29-19-22-14-10-7-11-15-22)18-23(30-26)17-16-21-12-8-6-9-13-21/h6-15,18H,16-17,19-20H2,1-5H3,(H2,29,30,31). The zero-order chi connectivity index (χ0) is 24.8. The third kappa shape index (κ3) is 7.58. The van der Waals surface area contributed by atoms with Crippen molar-refractivity contribution in [1.29, 1.82) is 0 Å². The van der Waals surface area contributed by atoms with Crippen molar-refractivity contribution in [2.45, 2.75) is 66.0 Å². The predicted octanol–water partition coefficient (Wildman–Crippen LogP) is 7.01. The molecule has 0 radical (unpaired) electrons. The molecule has 0 aliphatic rings. The highest BCUT2D eigenvalue weighted by molar-refractivity contribution is 5.74. The van der Waals surface area contributed by atoms with E-state index in [1.165, 1.54) is 5.56 Å². The number of aryl methyl sites for hydroxylation is 2. The fourth-order valence-corrected chi connectivity index (χ4v) is 4.53. The molecule has 3 rings (SSSR count). The first-order chi connectivity index (χ1) is 16.0. The molecule has 1 heterocycles. The van der Waals surface area contributed by atoms with Crippen molar-refractivity contribution in [3.05, 3.63) is 93.7 Å². The molecule has 1 aromatic heterocycles. The molecule has 2 aromatic carbocycles.